The van der Waals surface area contributed by atoms with Gasteiger partial charge in [-0.2, -0.15) is 0 Å². The molecule has 5 heteroatoms. The lowest BCUT2D eigenvalue weighted by Crippen LogP contribution is -2.21. The van der Waals surface area contributed by atoms with Crippen molar-refractivity contribution in [1.82, 2.24) is 15.2 Å². The van der Waals surface area contributed by atoms with Crippen LogP contribution in [0.4, 0.5) is 0 Å². The van der Waals surface area contributed by atoms with E-state index >= 15 is 0 Å². The van der Waals surface area contributed by atoms with Crippen molar-refractivity contribution in [3.63, 3.8) is 0 Å². The Bertz CT molecular complexity index is 419. The van der Waals surface area contributed by atoms with Crippen molar-refractivity contribution in [2.75, 3.05) is 27.7 Å². The molecule has 19 heavy (non-hydrogen) atoms. The standard InChI is InChI=1S/C14H23N3O2/c1-11-7-8-13(12(16-11)10-15-2)19-9-5-6-14(18)17(3)4/h7-8,15H,5-6,9-10H2,1-4H3. The summed E-state index contributed by atoms with van der Waals surface area (Å²) in [7, 11) is 5.40. The summed E-state index contributed by atoms with van der Waals surface area (Å²) in [6, 6.07) is 3.86. The fourth-order valence-electron chi connectivity index (χ4n) is 1.65. The Morgan fingerprint density at radius 3 is 2.79 bits per heavy atom. The summed E-state index contributed by atoms with van der Waals surface area (Å²) in [5.41, 5.74) is 1.88. The van der Waals surface area contributed by atoms with Gasteiger partial charge in [0.05, 0.1) is 12.3 Å². The van der Waals surface area contributed by atoms with Gasteiger partial charge in [0.15, 0.2) is 0 Å². The van der Waals surface area contributed by atoms with E-state index in [4.69, 9.17) is 4.74 Å². The Hall–Kier alpha value is -1.62. The largest absolute Gasteiger partial charge is 0.492 e. The number of amides is 1. The summed E-state index contributed by atoms with van der Waals surface area (Å²) < 4.78 is 5.70. The molecule has 0 radical (unpaired) electrons. The highest BCUT2D eigenvalue weighted by molar-refractivity contribution is 5.75. The van der Waals surface area contributed by atoms with Gasteiger partial charge in [-0.1, -0.05) is 0 Å². The van der Waals surface area contributed by atoms with Crippen LogP contribution in [0.3, 0.4) is 0 Å². The molecule has 0 spiro atoms. The molecule has 1 rings (SSSR count). The summed E-state index contributed by atoms with van der Waals surface area (Å²) in [6.45, 7) is 3.16. The Morgan fingerprint density at radius 1 is 1.42 bits per heavy atom. The lowest BCUT2D eigenvalue weighted by atomic mass is 10.2. The Labute approximate surface area is 115 Å². The molecule has 1 N–H and O–H groups in total. The highest BCUT2D eigenvalue weighted by Gasteiger charge is 2.07. The van der Waals surface area contributed by atoms with Gasteiger partial charge in [0, 0.05) is 32.8 Å². The van der Waals surface area contributed by atoms with Gasteiger partial charge in [-0.15, -0.1) is 0 Å². The third-order valence-electron chi connectivity index (χ3n) is 2.71. The Kier molecular flexibility index (Phi) is 6.29. The number of carbonyl (C=O) groups excluding carboxylic acids is 1. The van der Waals surface area contributed by atoms with Gasteiger partial charge >= 0.3 is 0 Å². The SMILES string of the molecule is CNCc1nc(C)ccc1OCCCC(=O)N(C)C. The predicted molar refractivity (Wildman–Crippen MR) is 75.2 cm³/mol. The molecule has 0 aliphatic carbocycles. The molecule has 1 aromatic heterocycles. The van der Waals surface area contributed by atoms with Crippen LogP contribution in [0.15, 0.2) is 12.1 Å². The number of hydrogen-bond donors (Lipinski definition) is 1. The zero-order valence-corrected chi connectivity index (χ0v) is 12.2. The van der Waals surface area contributed by atoms with Gasteiger partial charge in [-0.3, -0.25) is 9.78 Å². The predicted octanol–water partition coefficient (Wildman–Crippen LogP) is 1.36. The van der Waals surface area contributed by atoms with Crippen LogP contribution in [0.25, 0.3) is 0 Å². The number of rotatable bonds is 7. The molecule has 0 aromatic carbocycles. The zero-order chi connectivity index (χ0) is 14.3. The van der Waals surface area contributed by atoms with Gasteiger partial charge < -0.3 is 15.0 Å². The highest BCUT2D eigenvalue weighted by Crippen LogP contribution is 2.17. The van der Waals surface area contributed by atoms with Crippen molar-refractivity contribution in [3.05, 3.63) is 23.5 Å². The normalized spacial score (nSPS) is 10.3. The average Bonchev–Trinajstić information content (AvgIpc) is 2.36. The molecule has 1 heterocycles. The molecule has 1 aromatic rings. The van der Waals surface area contributed by atoms with Crippen LogP contribution in [0.2, 0.25) is 0 Å². The van der Waals surface area contributed by atoms with Crippen LogP contribution < -0.4 is 10.1 Å². The number of carbonyl (C=O) groups is 1. The van der Waals surface area contributed by atoms with Gasteiger partial charge in [0.25, 0.3) is 0 Å². The van der Waals surface area contributed by atoms with E-state index in [0.29, 0.717) is 26.0 Å². The third kappa shape index (κ3) is 5.26. The second-order valence-corrected chi connectivity index (χ2v) is 4.67. The molecule has 0 saturated heterocycles. The fraction of sp³-hybridized carbons (Fsp3) is 0.571. The first-order valence-electron chi connectivity index (χ1n) is 6.48. The molecular weight excluding hydrogens is 242 g/mol. The van der Waals surface area contributed by atoms with E-state index in [-0.39, 0.29) is 5.91 Å². The lowest BCUT2D eigenvalue weighted by Gasteiger charge is -2.12. The quantitative estimate of drug-likeness (QED) is 0.756. The summed E-state index contributed by atoms with van der Waals surface area (Å²) in [5, 5.41) is 3.07. The molecule has 0 unspecified atom stereocenters. The highest BCUT2D eigenvalue weighted by atomic mass is 16.5. The maximum Gasteiger partial charge on any atom is 0.222 e. The van der Waals surface area contributed by atoms with Crippen molar-refractivity contribution >= 4 is 5.91 Å². The van der Waals surface area contributed by atoms with E-state index in [1.807, 2.05) is 26.1 Å². The van der Waals surface area contributed by atoms with Crippen LogP contribution in [0.1, 0.15) is 24.2 Å². The number of aryl methyl sites for hydroxylation is 1. The second kappa shape index (κ2) is 7.74. The molecule has 5 nitrogen and oxygen atoms in total. The molecule has 1 amide bonds. The van der Waals surface area contributed by atoms with Crippen molar-refractivity contribution < 1.29 is 9.53 Å². The van der Waals surface area contributed by atoms with Gasteiger partial charge in [0.1, 0.15) is 5.75 Å². The first kappa shape index (κ1) is 15.4. The molecule has 0 aliphatic rings. The van der Waals surface area contributed by atoms with Crippen LogP contribution in [-0.2, 0) is 11.3 Å². The monoisotopic (exact) mass is 265 g/mol. The average molecular weight is 265 g/mol. The molecule has 0 aliphatic heterocycles. The van der Waals surface area contributed by atoms with Gasteiger partial charge in [0.2, 0.25) is 5.91 Å². The number of ether oxygens (including phenoxy) is 1. The first-order valence-corrected chi connectivity index (χ1v) is 6.48. The van der Waals surface area contributed by atoms with E-state index in [2.05, 4.69) is 10.3 Å². The third-order valence-corrected chi connectivity index (χ3v) is 2.71. The number of aromatic nitrogens is 1. The molecule has 106 valence electrons. The molecule has 0 saturated carbocycles. The second-order valence-electron chi connectivity index (χ2n) is 4.67. The molecular formula is C14H23N3O2. The van der Waals surface area contributed by atoms with E-state index in [1.54, 1.807) is 19.0 Å². The summed E-state index contributed by atoms with van der Waals surface area (Å²) in [5.74, 6) is 0.915. The Morgan fingerprint density at radius 2 is 2.16 bits per heavy atom. The zero-order valence-electron chi connectivity index (χ0n) is 12.2. The van der Waals surface area contributed by atoms with Gasteiger partial charge in [-0.25, -0.2) is 0 Å². The van der Waals surface area contributed by atoms with E-state index in [1.165, 1.54) is 0 Å². The van der Waals surface area contributed by atoms with Crippen LogP contribution >= 0.6 is 0 Å². The topological polar surface area (TPSA) is 54.5 Å². The van der Waals surface area contributed by atoms with Crippen molar-refractivity contribution in [2.45, 2.75) is 26.3 Å². The minimum atomic E-state index is 0.126. The Balaban J connectivity index is 2.46. The van der Waals surface area contributed by atoms with Crippen molar-refractivity contribution in [2.24, 2.45) is 0 Å². The molecule has 0 atom stereocenters. The van der Waals surface area contributed by atoms with Crippen LogP contribution in [0.5, 0.6) is 5.75 Å². The summed E-state index contributed by atoms with van der Waals surface area (Å²) in [4.78, 5) is 17.5. The maximum absolute atomic E-state index is 11.4. The van der Waals surface area contributed by atoms with Crippen molar-refractivity contribution in [3.8, 4) is 5.75 Å². The number of nitrogens with one attached hydrogen (secondary N) is 1. The summed E-state index contributed by atoms with van der Waals surface area (Å²) >= 11 is 0. The first-order chi connectivity index (χ1) is 9.04. The minimum absolute atomic E-state index is 0.126. The van der Waals surface area contributed by atoms with E-state index in [9.17, 15) is 4.79 Å². The number of nitrogens with zero attached hydrogens (tertiary/aromatic N) is 2. The van der Waals surface area contributed by atoms with Gasteiger partial charge in [-0.05, 0) is 32.5 Å². The lowest BCUT2D eigenvalue weighted by molar-refractivity contribution is -0.128. The molecule has 0 fully saturated rings. The van der Waals surface area contributed by atoms with Crippen LogP contribution in [-0.4, -0.2) is 43.5 Å². The smallest absolute Gasteiger partial charge is 0.222 e. The number of hydrogen-bond acceptors (Lipinski definition) is 4. The van der Waals surface area contributed by atoms with E-state index < -0.39 is 0 Å². The minimum Gasteiger partial charge on any atom is -0.492 e. The van der Waals surface area contributed by atoms with E-state index in [0.717, 1.165) is 17.1 Å². The fourth-order valence-corrected chi connectivity index (χ4v) is 1.65. The molecule has 0 bridgehead atoms. The maximum atomic E-state index is 11.4. The van der Waals surface area contributed by atoms with Crippen LogP contribution in [0, 0.1) is 6.92 Å². The van der Waals surface area contributed by atoms with Crippen molar-refractivity contribution in [1.29, 1.82) is 0 Å². The summed E-state index contributed by atoms with van der Waals surface area (Å²) in [6.07, 6.45) is 1.22. The number of pyridine rings is 1.